The number of rotatable bonds is 4. The summed E-state index contributed by atoms with van der Waals surface area (Å²) < 4.78 is 1.92. The summed E-state index contributed by atoms with van der Waals surface area (Å²) in [6, 6.07) is 35.0. The smallest absolute Gasteiger partial charge is 0.187 e. The molecule has 6 nitrogen and oxygen atoms in total. The van der Waals surface area contributed by atoms with Gasteiger partial charge in [0.05, 0.1) is 34.5 Å². The molecular weight excluding hydrogens is 521 g/mol. The third-order valence-corrected chi connectivity index (χ3v) is 8.33. The minimum atomic E-state index is -0.177. The Bertz CT molecular complexity index is 1730. The number of nitrogens with one attached hydrogen (secondary N) is 1. The van der Waals surface area contributed by atoms with Crippen molar-refractivity contribution in [2.45, 2.75) is 22.3 Å². The van der Waals surface area contributed by atoms with Gasteiger partial charge in [0, 0.05) is 33.5 Å². The zero-order valence-corrected chi connectivity index (χ0v) is 22.5. The second-order valence-electron chi connectivity index (χ2n) is 9.46. The Hall–Kier alpha value is -4.40. The van der Waals surface area contributed by atoms with Crippen LogP contribution in [0.3, 0.4) is 0 Å². The fourth-order valence-electron chi connectivity index (χ4n) is 5.11. The van der Waals surface area contributed by atoms with E-state index < -0.39 is 0 Å². The van der Waals surface area contributed by atoms with Crippen LogP contribution in [0, 0.1) is 0 Å². The van der Waals surface area contributed by atoms with E-state index in [1.165, 1.54) is 9.79 Å². The first-order valence-corrected chi connectivity index (χ1v) is 13.9. The minimum absolute atomic E-state index is 0.177. The van der Waals surface area contributed by atoms with Crippen molar-refractivity contribution in [1.82, 2.24) is 14.8 Å². The highest BCUT2D eigenvalue weighted by Gasteiger charge is 2.34. The maximum atomic E-state index is 6.24. The standard InChI is InChI=1S/C31H24N6S2/c32-31(38)37-27(23-19-36(22-11-5-2-6-12-22)35-30(23)20-9-3-1-4-10-20)18-25(34-37)21-15-16-29-26(17-21)33-24-13-7-8-14-28(24)39-29/h1-17,19,27,33H,18H2,(H2,32,38). The molecule has 0 aliphatic carbocycles. The van der Waals surface area contributed by atoms with E-state index in [2.05, 4.69) is 60.0 Å². The number of benzene rings is 4. The molecule has 3 heterocycles. The van der Waals surface area contributed by atoms with Gasteiger partial charge in [0.2, 0.25) is 0 Å². The van der Waals surface area contributed by atoms with E-state index >= 15 is 0 Å². The van der Waals surface area contributed by atoms with Gasteiger partial charge in [0.15, 0.2) is 5.11 Å². The number of hydrogen-bond acceptors (Lipinski definition) is 5. The molecule has 1 unspecified atom stereocenters. The van der Waals surface area contributed by atoms with Gasteiger partial charge in [-0.2, -0.15) is 10.2 Å². The Labute approximate surface area is 236 Å². The average Bonchev–Trinajstić information content (AvgIpc) is 3.62. The minimum Gasteiger partial charge on any atom is -0.375 e. The molecule has 3 N–H and O–H groups in total. The quantitative estimate of drug-likeness (QED) is 0.230. The number of aromatic nitrogens is 2. The van der Waals surface area contributed by atoms with Gasteiger partial charge in [-0.3, -0.25) is 0 Å². The first-order chi connectivity index (χ1) is 19.1. The van der Waals surface area contributed by atoms with E-state index in [9.17, 15) is 0 Å². The predicted molar refractivity (Wildman–Crippen MR) is 162 cm³/mol. The van der Waals surface area contributed by atoms with E-state index in [1.807, 2.05) is 59.3 Å². The van der Waals surface area contributed by atoms with Gasteiger partial charge >= 0.3 is 0 Å². The highest BCUT2D eigenvalue weighted by molar-refractivity contribution is 7.99. The molecule has 0 amide bonds. The number of thiocarbonyl (C=S) groups is 1. The average molecular weight is 545 g/mol. The van der Waals surface area contributed by atoms with Crippen molar-refractivity contribution < 1.29 is 0 Å². The van der Waals surface area contributed by atoms with Gasteiger partial charge in [-0.25, -0.2) is 9.69 Å². The number of nitrogens with two attached hydrogens (primary N) is 1. The molecule has 7 rings (SSSR count). The topological polar surface area (TPSA) is 71.5 Å². The number of anilines is 2. The summed E-state index contributed by atoms with van der Waals surface area (Å²) in [5.41, 5.74) is 14.4. The highest BCUT2D eigenvalue weighted by atomic mass is 32.2. The van der Waals surface area contributed by atoms with Gasteiger partial charge < -0.3 is 11.1 Å². The van der Waals surface area contributed by atoms with Crippen molar-refractivity contribution in [1.29, 1.82) is 0 Å². The van der Waals surface area contributed by atoms with Crippen LogP contribution in [0.4, 0.5) is 11.4 Å². The summed E-state index contributed by atoms with van der Waals surface area (Å²) in [7, 11) is 0. The van der Waals surface area contributed by atoms with Crippen LogP contribution in [0.1, 0.15) is 23.6 Å². The van der Waals surface area contributed by atoms with Crippen LogP contribution >= 0.6 is 24.0 Å². The van der Waals surface area contributed by atoms with E-state index in [0.29, 0.717) is 6.42 Å². The van der Waals surface area contributed by atoms with Crippen LogP contribution in [0.5, 0.6) is 0 Å². The zero-order valence-electron chi connectivity index (χ0n) is 20.9. The van der Waals surface area contributed by atoms with Crippen molar-refractivity contribution in [2.24, 2.45) is 10.8 Å². The summed E-state index contributed by atoms with van der Waals surface area (Å²) in [6.45, 7) is 0. The SMILES string of the molecule is NC(=S)N1N=C(c2ccc3c(c2)Nc2ccccc2S3)CC1c1cn(-c2ccccc2)nc1-c1ccccc1. The summed E-state index contributed by atoms with van der Waals surface area (Å²) >= 11 is 7.26. The van der Waals surface area contributed by atoms with Crippen LogP contribution < -0.4 is 11.1 Å². The summed E-state index contributed by atoms with van der Waals surface area (Å²) in [5, 5.41) is 15.5. The molecule has 0 fully saturated rings. The Morgan fingerprint density at radius 2 is 1.56 bits per heavy atom. The van der Waals surface area contributed by atoms with Crippen LogP contribution in [0.25, 0.3) is 16.9 Å². The lowest BCUT2D eigenvalue weighted by molar-refractivity contribution is 0.373. The molecule has 0 spiro atoms. The van der Waals surface area contributed by atoms with Gasteiger partial charge in [0.1, 0.15) is 0 Å². The number of fused-ring (bicyclic) bond motifs is 2. The van der Waals surface area contributed by atoms with E-state index in [-0.39, 0.29) is 11.2 Å². The molecule has 8 heteroatoms. The maximum absolute atomic E-state index is 6.24. The Kier molecular flexibility index (Phi) is 5.91. The molecule has 39 heavy (non-hydrogen) atoms. The molecule has 0 bridgehead atoms. The number of hydrazone groups is 1. The normalized spacial score (nSPS) is 15.7. The van der Waals surface area contributed by atoms with Crippen molar-refractivity contribution in [2.75, 3.05) is 5.32 Å². The third-order valence-electron chi connectivity index (χ3n) is 6.99. The Balaban J connectivity index is 1.27. The Morgan fingerprint density at radius 3 is 2.36 bits per heavy atom. The number of hydrogen-bond donors (Lipinski definition) is 2. The first kappa shape index (κ1) is 23.7. The molecule has 0 saturated heterocycles. The second-order valence-corrected chi connectivity index (χ2v) is 11.0. The first-order valence-electron chi connectivity index (χ1n) is 12.7. The predicted octanol–water partition coefficient (Wildman–Crippen LogP) is 7.14. The highest BCUT2D eigenvalue weighted by Crippen LogP contribution is 2.45. The van der Waals surface area contributed by atoms with Crippen LogP contribution in [0.2, 0.25) is 0 Å². The van der Waals surface area contributed by atoms with Crippen molar-refractivity contribution in [3.8, 4) is 16.9 Å². The fourth-order valence-corrected chi connectivity index (χ4v) is 6.25. The van der Waals surface area contributed by atoms with Crippen molar-refractivity contribution in [3.05, 3.63) is 120 Å². The second kappa shape index (κ2) is 9.72. The third kappa shape index (κ3) is 4.37. The molecule has 0 radical (unpaired) electrons. The van der Waals surface area contributed by atoms with E-state index in [4.69, 9.17) is 28.2 Å². The lowest BCUT2D eigenvalue weighted by atomic mass is 9.96. The maximum Gasteiger partial charge on any atom is 0.187 e. The molecule has 4 aromatic carbocycles. The monoisotopic (exact) mass is 544 g/mol. The largest absolute Gasteiger partial charge is 0.375 e. The number of para-hydroxylation sites is 2. The summed E-state index contributed by atoms with van der Waals surface area (Å²) in [6.07, 6.45) is 2.73. The molecular formula is C31H24N6S2. The van der Waals surface area contributed by atoms with Crippen LogP contribution in [0.15, 0.2) is 124 Å². The van der Waals surface area contributed by atoms with E-state index in [0.717, 1.165) is 45.2 Å². The van der Waals surface area contributed by atoms with Crippen molar-refractivity contribution in [3.63, 3.8) is 0 Å². The molecule has 1 atom stereocenters. The lowest BCUT2D eigenvalue weighted by Gasteiger charge is -2.21. The molecule has 2 aliphatic heterocycles. The molecule has 5 aromatic rings. The molecule has 190 valence electrons. The van der Waals surface area contributed by atoms with Crippen LogP contribution in [-0.4, -0.2) is 25.6 Å². The Morgan fingerprint density at radius 1 is 0.846 bits per heavy atom. The van der Waals surface area contributed by atoms with Crippen LogP contribution in [-0.2, 0) is 0 Å². The zero-order chi connectivity index (χ0) is 26.3. The van der Waals surface area contributed by atoms with Gasteiger partial charge in [-0.1, -0.05) is 78.5 Å². The molecule has 2 aliphatic rings. The lowest BCUT2D eigenvalue weighted by Crippen LogP contribution is -2.31. The van der Waals surface area contributed by atoms with Gasteiger partial charge in [-0.15, -0.1) is 0 Å². The van der Waals surface area contributed by atoms with E-state index in [1.54, 1.807) is 16.8 Å². The summed E-state index contributed by atoms with van der Waals surface area (Å²) in [4.78, 5) is 2.41. The number of nitrogens with zero attached hydrogens (tertiary/aromatic N) is 4. The summed E-state index contributed by atoms with van der Waals surface area (Å²) in [5.74, 6) is 0. The van der Waals surface area contributed by atoms with Gasteiger partial charge in [0.25, 0.3) is 0 Å². The van der Waals surface area contributed by atoms with Gasteiger partial charge in [-0.05, 0) is 54.2 Å². The molecule has 0 saturated carbocycles. The van der Waals surface area contributed by atoms with Crippen molar-refractivity contribution >= 4 is 46.2 Å². The molecule has 1 aromatic heterocycles. The fraction of sp³-hybridized carbons (Fsp3) is 0.0645.